The lowest BCUT2D eigenvalue weighted by atomic mass is 9.82. The number of aromatic hydroxyl groups is 1. The van der Waals surface area contributed by atoms with Gasteiger partial charge in [-0.1, -0.05) is 13.8 Å². The summed E-state index contributed by atoms with van der Waals surface area (Å²) in [5.74, 6) is -0.874. The minimum absolute atomic E-state index is 0.0739. The minimum Gasteiger partial charge on any atom is -0.507 e. The van der Waals surface area contributed by atoms with Gasteiger partial charge in [0.05, 0.1) is 12.1 Å². The molecule has 2 rings (SSSR count). The van der Waals surface area contributed by atoms with Crippen LogP contribution >= 0.6 is 0 Å². The standard InChI is InChI=1S/C15H20FNO2/c1-15(2)5-7-17(8-6-15)10-14(19)12-9-11(16)3-4-13(12)18/h3-4,9,18H,5-8,10H2,1-2H3. The highest BCUT2D eigenvalue weighted by Crippen LogP contribution is 2.30. The topological polar surface area (TPSA) is 40.5 Å². The number of carbonyl (C=O) groups excluding carboxylic acids is 1. The highest BCUT2D eigenvalue weighted by atomic mass is 19.1. The van der Waals surface area contributed by atoms with Crippen LogP contribution < -0.4 is 0 Å². The van der Waals surface area contributed by atoms with Crippen molar-refractivity contribution in [3.63, 3.8) is 0 Å². The van der Waals surface area contributed by atoms with Gasteiger partial charge in [-0.25, -0.2) is 4.39 Å². The number of ketones is 1. The number of carbonyl (C=O) groups is 1. The van der Waals surface area contributed by atoms with Gasteiger partial charge in [0.25, 0.3) is 0 Å². The molecule has 1 heterocycles. The molecule has 1 saturated heterocycles. The molecule has 0 aromatic heterocycles. The lowest BCUT2D eigenvalue weighted by Gasteiger charge is -2.36. The molecule has 0 spiro atoms. The number of hydrogen-bond acceptors (Lipinski definition) is 3. The Balaban J connectivity index is 2.00. The summed E-state index contributed by atoms with van der Waals surface area (Å²) in [7, 11) is 0. The quantitative estimate of drug-likeness (QED) is 0.854. The van der Waals surface area contributed by atoms with Gasteiger partial charge in [0, 0.05) is 0 Å². The van der Waals surface area contributed by atoms with Crippen LogP contribution in [0.4, 0.5) is 4.39 Å². The maximum atomic E-state index is 13.1. The van der Waals surface area contributed by atoms with Crippen LogP contribution in [0.25, 0.3) is 0 Å². The lowest BCUT2D eigenvalue weighted by molar-refractivity contribution is 0.0842. The van der Waals surface area contributed by atoms with Crippen LogP contribution in [-0.4, -0.2) is 35.4 Å². The smallest absolute Gasteiger partial charge is 0.180 e. The number of phenolic OH excluding ortho intramolecular Hbond substituents is 1. The molecular weight excluding hydrogens is 245 g/mol. The Labute approximate surface area is 113 Å². The van der Waals surface area contributed by atoms with E-state index in [1.165, 1.54) is 6.07 Å². The summed E-state index contributed by atoms with van der Waals surface area (Å²) in [5, 5.41) is 9.61. The molecule has 0 bridgehead atoms. The van der Waals surface area contributed by atoms with E-state index in [9.17, 15) is 14.3 Å². The lowest BCUT2D eigenvalue weighted by Crippen LogP contribution is -2.40. The Kier molecular flexibility index (Phi) is 3.90. The van der Waals surface area contributed by atoms with E-state index in [-0.39, 0.29) is 23.6 Å². The Morgan fingerprint density at radius 3 is 2.63 bits per heavy atom. The van der Waals surface area contributed by atoms with Crippen LogP contribution in [0.3, 0.4) is 0 Å². The fourth-order valence-electron chi connectivity index (χ4n) is 2.34. The Bertz CT molecular complexity index is 475. The molecule has 4 heteroatoms. The normalized spacial score (nSPS) is 19.3. The van der Waals surface area contributed by atoms with E-state index in [1.807, 2.05) is 0 Å². The summed E-state index contributed by atoms with van der Waals surface area (Å²) < 4.78 is 13.1. The second kappa shape index (κ2) is 5.29. The van der Waals surface area contributed by atoms with Gasteiger partial charge < -0.3 is 5.11 Å². The van der Waals surface area contributed by atoms with E-state index >= 15 is 0 Å². The maximum absolute atomic E-state index is 13.1. The number of benzene rings is 1. The molecule has 0 saturated carbocycles. The summed E-state index contributed by atoms with van der Waals surface area (Å²) in [6.07, 6.45) is 2.10. The third kappa shape index (κ3) is 3.53. The molecule has 0 amide bonds. The van der Waals surface area contributed by atoms with Gasteiger partial charge in [0.1, 0.15) is 11.6 Å². The second-order valence-electron chi connectivity index (χ2n) is 6.03. The number of likely N-dealkylation sites (tertiary alicyclic amines) is 1. The van der Waals surface area contributed by atoms with Gasteiger partial charge in [-0.15, -0.1) is 0 Å². The first-order valence-electron chi connectivity index (χ1n) is 6.61. The van der Waals surface area contributed by atoms with Crippen LogP contribution in [-0.2, 0) is 0 Å². The highest BCUT2D eigenvalue weighted by Gasteiger charge is 2.26. The average Bonchev–Trinajstić information content (AvgIpc) is 2.35. The molecule has 1 aliphatic rings. The summed E-state index contributed by atoms with van der Waals surface area (Å²) in [5.41, 5.74) is 0.408. The predicted octanol–water partition coefficient (Wildman–Crippen LogP) is 2.84. The van der Waals surface area contributed by atoms with Crippen molar-refractivity contribution in [1.82, 2.24) is 4.90 Å². The van der Waals surface area contributed by atoms with Gasteiger partial charge >= 0.3 is 0 Å². The molecule has 1 N–H and O–H groups in total. The fourth-order valence-corrected chi connectivity index (χ4v) is 2.34. The number of halogens is 1. The molecule has 0 unspecified atom stereocenters. The van der Waals surface area contributed by atoms with Gasteiger partial charge in [0.15, 0.2) is 5.78 Å². The third-order valence-corrected chi connectivity index (χ3v) is 3.84. The van der Waals surface area contributed by atoms with Crippen molar-refractivity contribution in [3.05, 3.63) is 29.6 Å². The van der Waals surface area contributed by atoms with Crippen molar-refractivity contribution >= 4 is 5.78 Å². The fraction of sp³-hybridized carbons (Fsp3) is 0.533. The molecule has 104 valence electrons. The molecule has 1 fully saturated rings. The first kappa shape index (κ1) is 14.0. The number of Topliss-reactive ketones (excluding diaryl/α,β-unsaturated/α-hetero) is 1. The van der Waals surface area contributed by atoms with Gasteiger partial charge in [-0.2, -0.15) is 0 Å². The van der Waals surface area contributed by atoms with Gasteiger partial charge in [-0.05, 0) is 49.5 Å². The van der Waals surface area contributed by atoms with E-state index in [0.717, 1.165) is 38.1 Å². The number of phenols is 1. The zero-order valence-electron chi connectivity index (χ0n) is 11.4. The van der Waals surface area contributed by atoms with Crippen LogP contribution in [0, 0.1) is 11.2 Å². The molecule has 0 atom stereocenters. The Hall–Kier alpha value is -1.42. The predicted molar refractivity (Wildman–Crippen MR) is 71.9 cm³/mol. The van der Waals surface area contributed by atoms with Crippen molar-refractivity contribution in [2.45, 2.75) is 26.7 Å². The van der Waals surface area contributed by atoms with Crippen molar-refractivity contribution in [2.75, 3.05) is 19.6 Å². The van der Waals surface area contributed by atoms with Crippen molar-refractivity contribution in [2.24, 2.45) is 5.41 Å². The Morgan fingerprint density at radius 1 is 1.37 bits per heavy atom. The first-order chi connectivity index (χ1) is 8.87. The van der Waals surface area contributed by atoms with E-state index in [4.69, 9.17) is 0 Å². The average molecular weight is 265 g/mol. The minimum atomic E-state index is -0.499. The molecule has 0 radical (unpaired) electrons. The number of piperidine rings is 1. The number of hydrogen-bond donors (Lipinski definition) is 1. The summed E-state index contributed by atoms with van der Waals surface area (Å²) >= 11 is 0. The van der Waals surface area contributed by atoms with E-state index in [0.29, 0.717) is 5.41 Å². The summed E-state index contributed by atoms with van der Waals surface area (Å²) in [6, 6.07) is 3.48. The van der Waals surface area contributed by atoms with E-state index < -0.39 is 5.82 Å². The Morgan fingerprint density at radius 2 is 2.00 bits per heavy atom. The van der Waals surface area contributed by atoms with Crippen LogP contribution in [0.5, 0.6) is 5.75 Å². The summed E-state index contributed by atoms with van der Waals surface area (Å²) in [4.78, 5) is 14.1. The molecule has 1 aromatic rings. The molecular formula is C15H20FNO2. The largest absolute Gasteiger partial charge is 0.507 e. The maximum Gasteiger partial charge on any atom is 0.180 e. The second-order valence-corrected chi connectivity index (χ2v) is 6.03. The van der Waals surface area contributed by atoms with E-state index in [2.05, 4.69) is 18.7 Å². The zero-order chi connectivity index (χ0) is 14.0. The van der Waals surface area contributed by atoms with Crippen LogP contribution in [0.2, 0.25) is 0 Å². The SMILES string of the molecule is CC1(C)CCN(CC(=O)c2cc(F)ccc2O)CC1. The molecule has 0 aliphatic carbocycles. The van der Waals surface area contributed by atoms with Crippen LogP contribution in [0.15, 0.2) is 18.2 Å². The zero-order valence-corrected chi connectivity index (χ0v) is 11.4. The van der Waals surface area contributed by atoms with Crippen molar-refractivity contribution < 1.29 is 14.3 Å². The molecule has 1 aromatic carbocycles. The van der Waals surface area contributed by atoms with Gasteiger partial charge in [-0.3, -0.25) is 9.69 Å². The van der Waals surface area contributed by atoms with Crippen molar-refractivity contribution in [3.8, 4) is 5.75 Å². The van der Waals surface area contributed by atoms with E-state index in [1.54, 1.807) is 0 Å². The van der Waals surface area contributed by atoms with Crippen LogP contribution in [0.1, 0.15) is 37.0 Å². The monoisotopic (exact) mass is 265 g/mol. The van der Waals surface area contributed by atoms with Gasteiger partial charge in [0.2, 0.25) is 0 Å². The summed E-state index contributed by atoms with van der Waals surface area (Å²) in [6.45, 7) is 6.44. The molecule has 19 heavy (non-hydrogen) atoms. The highest BCUT2D eigenvalue weighted by molar-refractivity contribution is 6.00. The van der Waals surface area contributed by atoms with Crippen molar-refractivity contribution in [1.29, 1.82) is 0 Å². The number of rotatable bonds is 3. The molecule has 1 aliphatic heterocycles. The first-order valence-corrected chi connectivity index (χ1v) is 6.61. The molecule has 3 nitrogen and oxygen atoms in total. The number of nitrogens with zero attached hydrogens (tertiary/aromatic N) is 1. The third-order valence-electron chi connectivity index (χ3n) is 3.84.